The number of methoxy groups -OCH3 is 1. The van der Waals surface area contributed by atoms with E-state index >= 15 is 0 Å². The number of rotatable bonds is 8. The molecule has 0 radical (unpaired) electrons. The number of hydrogen-bond acceptors (Lipinski definition) is 6. The Bertz CT molecular complexity index is 1510. The average molecular weight is 497 g/mol. The SMILES string of the molecule is COc1ccc(-c2ccc(/C=C/CC(C)C)cc2C(=O)O)c(C(=O)Nc2ccc3c(N)nccc3c2)n1. The maximum atomic E-state index is 13.4. The van der Waals surface area contributed by atoms with E-state index < -0.39 is 11.9 Å². The number of carboxylic acids is 1. The molecule has 0 aliphatic rings. The Balaban J connectivity index is 1.74. The molecule has 0 bridgehead atoms. The minimum atomic E-state index is -1.10. The second kappa shape index (κ2) is 10.9. The monoisotopic (exact) mass is 496 g/mol. The van der Waals surface area contributed by atoms with Gasteiger partial charge >= 0.3 is 5.97 Å². The van der Waals surface area contributed by atoms with E-state index in [2.05, 4.69) is 29.1 Å². The number of nitrogens with one attached hydrogen (secondary N) is 1. The standard InChI is InChI=1S/C29H28N4O4/c1-17(2)5-4-6-18-7-9-22(24(15-18)29(35)36)23-11-12-25(37-3)33-26(23)28(34)32-20-8-10-21-19(16-20)13-14-31-27(21)30/h4,6-17H,5H2,1-3H3,(H2,30,31)(H,32,34)(H,35,36)/b6-4+. The molecule has 8 nitrogen and oxygen atoms in total. The number of hydrogen-bond donors (Lipinski definition) is 3. The second-order valence-electron chi connectivity index (χ2n) is 8.98. The fourth-order valence-electron chi connectivity index (χ4n) is 3.97. The molecule has 188 valence electrons. The molecule has 2 heterocycles. The zero-order chi connectivity index (χ0) is 26.5. The Labute approximate surface area is 214 Å². The van der Waals surface area contributed by atoms with E-state index in [1.54, 1.807) is 54.7 Å². The third-order valence-corrected chi connectivity index (χ3v) is 5.83. The molecule has 0 atom stereocenters. The molecule has 1 amide bonds. The zero-order valence-electron chi connectivity index (χ0n) is 20.9. The van der Waals surface area contributed by atoms with E-state index in [0.717, 1.165) is 22.8 Å². The van der Waals surface area contributed by atoms with Crippen molar-refractivity contribution in [1.29, 1.82) is 0 Å². The summed E-state index contributed by atoms with van der Waals surface area (Å²) >= 11 is 0. The Hall–Kier alpha value is -4.72. The van der Waals surface area contributed by atoms with Gasteiger partial charge in [-0.3, -0.25) is 4.79 Å². The number of amides is 1. The van der Waals surface area contributed by atoms with Crippen LogP contribution in [0.25, 0.3) is 28.0 Å². The van der Waals surface area contributed by atoms with Gasteiger partial charge in [0, 0.05) is 28.9 Å². The highest BCUT2D eigenvalue weighted by Gasteiger charge is 2.21. The predicted octanol–water partition coefficient (Wildman–Crippen LogP) is 5.90. The molecular formula is C29H28N4O4. The van der Waals surface area contributed by atoms with Gasteiger partial charge in [-0.15, -0.1) is 0 Å². The van der Waals surface area contributed by atoms with Gasteiger partial charge < -0.3 is 20.9 Å². The average Bonchev–Trinajstić information content (AvgIpc) is 2.88. The highest BCUT2D eigenvalue weighted by molar-refractivity contribution is 6.10. The lowest BCUT2D eigenvalue weighted by atomic mass is 9.95. The van der Waals surface area contributed by atoms with Crippen molar-refractivity contribution < 1.29 is 19.4 Å². The summed E-state index contributed by atoms with van der Waals surface area (Å²) in [5.74, 6) is -0.478. The molecule has 4 rings (SSSR count). The smallest absolute Gasteiger partial charge is 0.336 e. The third-order valence-electron chi connectivity index (χ3n) is 5.83. The largest absolute Gasteiger partial charge is 0.481 e. The van der Waals surface area contributed by atoms with Crippen LogP contribution in [-0.4, -0.2) is 34.1 Å². The van der Waals surface area contributed by atoms with Gasteiger partial charge in [-0.25, -0.2) is 14.8 Å². The number of nitrogens with two attached hydrogens (primary N) is 1. The lowest BCUT2D eigenvalue weighted by molar-refractivity contribution is 0.0697. The van der Waals surface area contributed by atoms with E-state index in [1.807, 2.05) is 18.2 Å². The Morgan fingerprint density at radius 3 is 2.59 bits per heavy atom. The number of aromatic carboxylic acids is 1. The fourth-order valence-corrected chi connectivity index (χ4v) is 3.97. The van der Waals surface area contributed by atoms with E-state index in [0.29, 0.717) is 28.6 Å². The molecule has 0 fully saturated rings. The first-order valence-corrected chi connectivity index (χ1v) is 11.8. The van der Waals surface area contributed by atoms with Crippen molar-refractivity contribution in [3.63, 3.8) is 0 Å². The first-order valence-electron chi connectivity index (χ1n) is 11.8. The number of allylic oxidation sites excluding steroid dienone is 1. The summed E-state index contributed by atoms with van der Waals surface area (Å²) in [5, 5.41) is 14.4. The van der Waals surface area contributed by atoms with Crippen LogP contribution in [-0.2, 0) is 0 Å². The first-order chi connectivity index (χ1) is 17.8. The summed E-state index contributed by atoms with van der Waals surface area (Å²) in [4.78, 5) is 34.0. The van der Waals surface area contributed by atoms with Crippen LogP contribution in [0.4, 0.5) is 11.5 Å². The van der Waals surface area contributed by atoms with E-state index in [9.17, 15) is 14.7 Å². The van der Waals surface area contributed by atoms with Gasteiger partial charge in [0.2, 0.25) is 5.88 Å². The van der Waals surface area contributed by atoms with Crippen LogP contribution in [0.3, 0.4) is 0 Å². The predicted molar refractivity (Wildman–Crippen MR) is 146 cm³/mol. The molecule has 8 heteroatoms. The highest BCUT2D eigenvalue weighted by atomic mass is 16.5. The molecule has 0 spiro atoms. The fraction of sp³-hybridized carbons (Fsp3) is 0.172. The molecule has 2 aromatic carbocycles. The molecule has 0 unspecified atom stereocenters. The molecule has 0 aliphatic carbocycles. The molecular weight excluding hydrogens is 468 g/mol. The Morgan fingerprint density at radius 1 is 1.08 bits per heavy atom. The van der Waals surface area contributed by atoms with E-state index in [4.69, 9.17) is 10.5 Å². The van der Waals surface area contributed by atoms with Crippen LogP contribution in [0, 0.1) is 5.92 Å². The van der Waals surface area contributed by atoms with Crippen molar-refractivity contribution in [3.05, 3.63) is 83.7 Å². The lowest BCUT2D eigenvalue weighted by Crippen LogP contribution is -2.16. The number of ether oxygens (including phenoxy) is 1. The summed E-state index contributed by atoms with van der Waals surface area (Å²) in [5.41, 5.74) is 8.09. The number of anilines is 2. The molecule has 0 aliphatic heterocycles. The quantitative estimate of drug-likeness (QED) is 0.277. The van der Waals surface area contributed by atoms with Crippen LogP contribution in [0.2, 0.25) is 0 Å². The summed E-state index contributed by atoms with van der Waals surface area (Å²) in [6.45, 7) is 4.23. The number of pyridine rings is 2. The van der Waals surface area contributed by atoms with Crippen LogP contribution in [0.1, 0.15) is 46.7 Å². The maximum Gasteiger partial charge on any atom is 0.336 e. The van der Waals surface area contributed by atoms with Crippen molar-refractivity contribution in [1.82, 2.24) is 9.97 Å². The third kappa shape index (κ3) is 5.75. The van der Waals surface area contributed by atoms with Crippen molar-refractivity contribution in [2.24, 2.45) is 5.92 Å². The van der Waals surface area contributed by atoms with Gasteiger partial charge in [0.15, 0.2) is 0 Å². The van der Waals surface area contributed by atoms with Crippen molar-refractivity contribution in [3.8, 4) is 17.0 Å². The summed E-state index contributed by atoms with van der Waals surface area (Å²) in [7, 11) is 1.45. The molecule has 4 N–H and O–H groups in total. The summed E-state index contributed by atoms with van der Waals surface area (Å²) in [6, 6.07) is 15.4. The van der Waals surface area contributed by atoms with Gasteiger partial charge in [-0.05, 0) is 65.3 Å². The van der Waals surface area contributed by atoms with Crippen LogP contribution in [0.15, 0.2) is 66.9 Å². The minimum Gasteiger partial charge on any atom is -0.481 e. The highest BCUT2D eigenvalue weighted by Crippen LogP contribution is 2.31. The van der Waals surface area contributed by atoms with E-state index in [1.165, 1.54) is 7.11 Å². The number of fused-ring (bicyclic) bond motifs is 1. The van der Waals surface area contributed by atoms with Gasteiger partial charge in [0.05, 0.1) is 12.7 Å². The number of carbonyl (C=O) groups excluding carboxylic acids is 1. The first kappa shape index (κ1) is 25.4. The zero-order valence-corrected chi connectivity index (χ0v) is 20.9. The topological polar surface area (TPSA) is 127 Å². The molecule has 0 saturated heterocycles. The lowest BCUT2D eigenvalue weighted by Gasteiger charge is -2.14. The molecule has 4 aromatic rings. The van der Waals surface area contributed by atoms with Crippen LogP contribution in [0.5, 0.6) is 5.88 Å². The number of carboxylic acid groups (broad SMARTS) is 1. The summed E-state index contributed by atoms with van der Waals surface area (Å²) in [6.07, 6.45) is 6.40. The number of nitrogens with zero attached hydrogens (tertiary/aromatic N) is 2. The molecule has 0 saturated carbocycles. The number of aromatic nitrogens is 2. The van der Waals surface area contributed by atoms with E-state index in [-0.39, 0.29) is 17.1 Å². The van der Waals surface area contributed by atoms with Crippen molar-refractivity contribution >= 4 is 40.2 Å². The Morgan fingerprint density at radius 2 is 1.86 bits per heavy atom. The van der Waals surface area contributed by atoms with Crippen molar-refractivity contribution in [2.45, 2.75) is 20.3 Å². The van der Waals surface area contributed by atoms with Gasteiger partial charge in [0.1, 0.15) is 11.5 Å². The maximum absolute atomic E-state index is 13.4. The van der Waals surface area contributed by atoms with Crippen molar-refractivity contribution in [2.75, 3.05) is 18.2 Å². The van der Waals surface area contributed by atoms with Crippen LogP contribution < -0.4 is 15.8 Å². The van der Waals surface area contributed by atoms with Gasteiger partial charge in [-0.2, -0.15) is 0 Å². The van der Waals surface area contributed by atoms with Gasteiger partial charge in [0.25, 0.3) is 5.91 Å². The number of benzene rings is 2. The molecule has 37 heavy (non-hydrogen) atoms. The number of nitrogen functional groups attached to an aromatic ring is 1. The number of carbonyl (C=O) groups is 2. The summed E-state index contributed by atoms with van der Waals surface area (Å²) < 4.78 is 5.24. The van der Waals surface area contributed by atoms with Gasteiger partial charge in [-0.1, -0.05) is 38.1 Å². The normalized spacial score (nSPS) is 11.2. The van der Waals surface area contributed by atoms with Crippen LogP contribution >= 0.6 is 0 Å². The second-order valence-corrected chi connectivity index (χ2v) is 8.98. The molecule has 2 aromatic heterocycles. The minimum absolute atomic E-state index is 0.0410. The Kier molecular flexibility index (Phi) is 7.48.